The highest BCUT2D eigenvalue weighted by molar-refractivity contribution is 7.98. The Morgan fingerprint density at radius 3 is 2.65 bits per heavy atom. The van der Waals surface area contributed by atoms with Gasteiger partial charge in [0.25, 0.3) is 5.69 Å². The average Bonchev–Trinajstić information content (AvgIpc) is 3.51. The molecule has 0 bridgehead atoms. The molecule has 0 spiro atoms. The Hall–Kier alpha value is -3.60. The maximum Gasteiger partial charge on any atom is 0.269 e. The molecule has 1 aliphatic carbocycles. The molecule has 0 radical (unpaired) electrons. The van der Waals surface area contributed by atoms with Crippen molar-refractivity contribution in [3.63, 3.8) is 0 Å². The number of benzene rings is 1. The predicted octanol–water partition coefficient (Wildman–Crippen LogP) is 5.34. The number of hydrogen-bond donors (Lipinski definition) is 0. The maximum absolute atomic E-state index is 10.9. The van der Waals surface area contributed by atoms with Crippen LogP contribution >= 0.6 is 11.8 Å². The van der Waals surface area contributed by atoms with Crippen LogP contribution in [-0.4, -0.2) is 34.9 Å². The molecule has 2 unspecified atom stereocenters. The third-order valence-corrected chi connectivity index (χ3v) is 7.03. The van der Waals surface area contributed by atoms with Gasteiger partial charge in [-0.3, -0.25) is 19.7 Å². The van der Waals surface area contributed by atoms with Gasteiger partial charge in [-0.2, -0.15) is 0 Å². The third kappa shape index (κ3) is 4.56. The van der Waals surface area contributed by atoms with Gasteiger partial charge < -0.3 is 4.42 Å². The van der Waals surface area contributed by atoms with Gasteiger partial charge in [0.15, 0.2) is 11.0 Å². The molecule has 11 heteroatoms. The highest BCUT2D eigenvalue weighted by atomic mass is 32.2. The highest BCUT2D eigenvalue weighted by Gasteiger charge is 2.29. The van der Waals surface area contributed by atoms with Crippen molar-refractivity contribution in [3.8, 4) is 22.8 Å². The van der Waals surface area contributed by atoms with E-state index in [-0.39, 0.29) is 5.69 Å². The second-order valence-electron chi connectivity index (χ2n) is 8.34. The predicted molar refractivity (Wildman–Crippen MR) is 126 cm³/mol. The molecule has 1 fully saturated rings. The van der Waals surface area contributed by atoms with Crippen molar-refractivity contribution in [2.24, 2.45) is 5.92 Å². The fourth-order valence-electron chi connectivity index (χ4n) is 4.33. The van der Waals surface area contributed by atoms with Crippen LogP contribution < -0.4 is 0 Å². The van der Waals surface area contributed by atoms with Gasteiger partial charge in [-0.05, 0) is 43.0 Å². The van der Waals surface area contributed by atoms with E-state index < -0.39 is 4.92 Å². The number of non-ortho nitro benzene ring substituents is 1. The van der Waals surface area contributed by atoms with Crippen molar-refractivity contribution in [1.29, 1.82) is 0 Å². The monoisotopic (exact) mass is 477 g/mol. The maximum atomic E-state index is 10.9. The van der Waals surface area contributed by atoms with Crippen LogP contribution in [-0.2, 0) is 5.75 Å². The summed E-state index contributed by atoms with van der Waals surface area (Å²) in [6, 6.07) is 10.3. The van der Waals surface area contributed by atoms with E-state index in [1.54, 1.807) is 18.3 Å². The average molecular weight is 478 g/mol. The topological polar surface area (TPSA) is 126 Å². The Labute approximate surface area is 200 Å². The zero-order valence-electron chi connectivity index (χ0n) is 18.6. The zero-order valence-corrected chi connectivity index (χ0v) is 19.4. The number of nitrogens with zero attached hydrogens (tertiary/aromatic N) is 7. The minimum Gasteiger partial charge on any atom is -0.420 e. The summed E-state index contributed by atoms with van der Waals surface area (Å²) in [6.07, 6.45) is 8.27. The Bertz CT molecular complexity index is 1270. The van der Waals surface area contributed by atoms with Crippen molar-refractivity contribution < 1.29 is 9.34 Å². The van der Waals surface area contributed by atoms with E-state index in [1.807, 2.05) is 18.3 Å². The molecule has 0 amide bonds. The summed E-state index contributed by atoms with van der Waals surface area (Å²) in [5, 5.41) is 28.9. The minimum absolute atomic E-state index is 0.0137. The molecule has 1 aliphatic rings. The van der Waals surface area contributed by atoms with E-state index in [1.165, 1.54) is 43.2 Å². The Kier molecular flexibility index (Phi) is 6.35. The Morgan fingerprint density at radius 1 is 1.09 bits per heavy atom. The van der Waals surface area contributed by atoms with Crippen LogP contribution in [0.2, 0.25) is 0 Å². The van der Waals surface area contributed by atoms with E-state index in [9.17, 15) is 10.1 Å². The van der Waals surface area contributed by atoms with Gasteiger partial charge in [-0.15, -0.1) is 20.4 Å². The van der Waals surface area contributed by atoms with Crippen molar-refractivity contribution >= 4 is 17.4 Å². The van der Waals surface area contributed by atoms with Crippen LogP contribution in [0.1, 0.15) is 44.5 Å². The smallest absolute Gasteiger partial charge is 0.269 e. The molecule has 1 saturated carbocycles. The van der Waals surface area contributed by atoms with Gasteiger partial charge >= 0.3 is 0 Å². The molecule has 10 nitrogen and oxygen atoms in total. The number of aromatic nitrogens is 6. The van der Waals surface area contributed by atoms with Crippen molar-refractivity contribution in [2.45, 2.75) is 49.6 Å². The third-order valence-electron chi connectivity index (χ3n) is 6.10. The van der Waals surface area contributed by atoms with Gasteiger partial charge in [-0.25, -0.2) is 0 Å². The van der Waals surface area contributed by atoms with Crippen LogP contribution in [0.25, 0.3) is 22.8 Å². The van der Waals surface area contributed by atoms with Crippen LogP contribution in [0.4, 0.5) is 5.69 Å². The molecule has 3 aromatic heterocycles. The first-order valence-electron chi connectivity index (χ1n) is 11.2. The summed E-state index contributed by atoms with van der Waals surface area (Å²) >= 11 is 1.51. The van der Waals surface area contributed by atoms with Crippen LogP contribution in [0, 0.1) is 16.0 Å². The van der Waals surface area contributed by atoms with Crippen molar-refractivity contribution in [3.05, 3.63) is 64.8 Å². The second kappa shape index (κ2) is 9.72. The number of thioether (sulfide) groups is 1. The van der Waals surface area contributed by atoms with Crippen molar-refractivity contribution in [2.75, 3.05) is 0 Å². The molecule has 1 aromatic carbocycles. The van der Waals surface area contributed by atoms with Gasteiger partial charge in [-0.1, -0.05) is 31.5 Å². The van der Waals surface area contributed by atoms with Gasteiger partial charge in [0.2, 0.25) is 11.8 Å². The lowest BCUT2D eigenvalue weighted by molar-refractivity contribution is -0.384. The van der Waals surface area contributed by atoms with E-state index in [4.69, 9.17) is 4.42 Å². The number of nitro groups is 1. The molecule has 174 valence electrons. The normalized spacial score (nSPS) is 18.1. The summed E-state index contributed by atoms with van der Waals surface area (Å²) < 4.78 is 8.06. The fraction of sp³-hybridized carbons (Fsp3) is 0.348. The number of hydrogen-bond acceptors (Lipinski definition) is 9. The summed E-state index contributed by atoms with van der Waals surface area (Å²) in [5.41, 5.74) is 1.59. The summed E-state index contributed by atoms with van der Waals surface area (Å²) in [4.78, 5) is 14.7. The number of pyridine rings is 1. The number of rotatable bonds is 7. The lowest BCUT2D eigenvalue weighted by atomic mass is 9.85. The fourth-order valence-corrected chi connectivity index (χ4v) is 5.16. The minimum atomic E-state index is -0.442. The first kappa shape index (κ1) is 22.2. The Balaban J connectivity index is 1.38. The molecular formula is C23H23N7O3S. The van der Waals surface area contributed by atoms with Crippen LogP contribution in [0.15, 0.2) is 58.4 Å². The molecule has 3 heterocycles. The molecule has 5 rings (SSSR count). The summed E-state index contributed by atoms with van der Waals surface area (Å²) in [6.45, 7) is 2.29. The largest absolute Gasteiger partial charge is 0.420 e. The molecule has 34 heavy (non-hydrogen) atoms. The molecule has 2 atom stereocenters. The van der Waals surface area contributed by atoms with E-state index in [2.05, 4.69) is 36.9 Å². The van der Waals surface area contributed by atoms with Crippen LogP contribution in [0.5, 0.6) is 0 Å². The second-order valence-corrected chi connectivity index (χ2v) is 9.28. The Morgan fingerprint density at radius 2 is 1.91 bits per heavy atom. The lowest BCUT2D eigenvalue weighted by Gasteiger charge is -2.31. The van der Waals surface area contributed by atoms with E-state index in [0.29, 0.717) is 35.1 Å². The molecule has 4 aromatic rings. The zero-order chi connectivity index (χ0) is 23.5. The molecule has 0 N–H and O–H groups in total. The summed E-state index contributed by atoms with van der Waals surface area (Å²) in [7, 11) is 0. The molecule has 0 saturated heterocycles. The lowest BCUT2D eigenvalue weighted by Crippen LogP contribution is -2.22. The van der Waals surface area contributed by atoms with Gasteiger partial charge in [0, 0.05) is 41.7 Å². The SMILES string of the molecule is CC1CCCCC1n1c(SCc2nnc(-c3ccc([N+](=O)[O-])cc3)o2)nnc1-c1cccnc1. The van der Waals surface area contributed by atoms with Gasteiger partial charge in [0.1, 0.15) is 0 Å². The molecular weight excluding hydrogens is 454 g/mol. The first-order valence-corrected chi connectivity index (χ1v) is 12.1. The first-order chi connectivity index (χ1) is 16.6. The number of nitro benzene ring substituents is 1. The van der Waals surface area contributed by atoms with Crippen LogP contribution in [0.3, 0.4) is 0 Å². The van der Waals surface area contributed by atoms with E-state index >= 15 is 0 Å². The van der Waals surface area contributed by atoms with Gasteiger partial charge in [0.05, 0.1) is 10.7 Å². The standard InChI is InChI=1S/C23H23N7O3S/c1-15-5-2-3-7-19(15)29-21(17-6-4-12-24-13-17)26-28-23(29)34-14-20-25-27-22(33-20)16-8-10-18(11-9-16)30(31)32/h4,6,8-13,15,19H,2-3,5,7,14H2,1H3. The van der Waals surface area contributed by atoms with E-state index in [0.717, 1.165) is 23.0 Å². The highest BCUT2D eigenvalue weighted by Crippen LogP contribution is 2.39. The summed E-state index contributed by atoms with van der Waals surface area (Å²) in [5.74, 6) is 2.56. The quantitative estimate of drug-likeness (QED) is 0.197. The molecule has 0 aliphatic heterocycles. The van der Waals surface area contributed by atoms with Crippen molar-refractivity contribution in [1.82, 2.24) is 29.9 Å².